The van der Waals surface area contributed by atoms with Gasteiger partial charge in [-0.15, -0.1) is 0 Å². The Morgan fingerprint density at radius 2 is 1.57 bits per heavy atom. The second-order valence-corrected chi connectivity index (χ2v) is 5.38. The Morgan fingerprint density at radius 3 is 2.36 bits per heavy atom. The Labute approximate surface area is 86.2 Å². The van der Waals surface area contributed by atoms with E-state index in [9.17, 15) is 5.11 Å². The summed E-state index contributed by atoms with van der Waals surface area (Å²) in [6.45, 7) is 0. The molecule has 78 valence electrons. The van der Waals surface area contributed by atoms with E-state index in [1.165, 1.54) is 32.1 Å². The van der Waals surface area contributed by atoms with Gasteiger partial charge in [0.1, 0.15) is 0 Å². The van der Waals surface area contributed by atoms with E-state index in [-0.39, 0.29) is 6.10 Å². The molecule has 5 atom stereocenters. The molecule has 4 aliphatic carbocycles. The van der Waals surface area contributed by atoms with E-state index in [1.807, 2.05) is 0 Å². The molecule has 2 saturated carbocycles. The van der Waals surface area contributed by atoms with Crippen LogP contribution in [-0.4, -0.2) is 11.2 Å². The van der Waals surface area contributed by atoms with Crippen molar-refractivity contribution in [1.29, 1.82) is 0 Å². The van der Waals surface area contributed by atoms with Gasteiger partial charge >= 0.3 is 0 Å². The average molecular weight is 192 g/mol. The summed E-state index contributed by atoms with van der Waals surface area (Å²) < 4.78 is 0. The second-order valence-electron chi connectivity index (χ2n) is 5.38. The topological polar surface area (TPSA) is 20.2 Å². The van der Waals surface area contributed by atoms with Crippen molar-refractivity contribution < 1.29 is 5.11 Å². The number of rotatable bonds is 0. The fourth-order valence-electron chi connectivity index (χ4n) is 4.05. The predicted molar refractivity (Wildman–Crippen MR) is 56.8 cm³/mol. The van der Waals surface area contributed by atoms with Gasteiger partial charge in [0.05, 0.1) is 6.10 Å². The van der Waals surface area contributed by atoms with E-state index in [0.29, 0.717) is 11.8 Å². The van der Waals surface area contributed by atoms with Crippen LogP contribution in [0, 0.1) is 23.7 Å². The average Bonchev–Trinajstić information content (AvgIpc) is 2.44. The predicted octanol–water partition coefficient (Wildman–Crippen LogP) is 2.75. The number of allylic oxidation sites excluding steroid dienone is 2. The number of fused-ring (bicyclic) bond motifs is 1. The maximum atomic E-state index is 10.2. The van der Waals surface area contributed by atoms with Gasteiger partial charge in [-0.3, -0.25) is 0 Å². The van der Waals surface area contributed by atoms with Crippen LogP contribution in [0.3, 0.4) is 0 Å². The van der Waals surface area contributed by atoms with Crippen LogP contribution >= 0.6 is 0 Å². The highest BCUT2D eigenvalue weighted by molar-refractivity contribution is 5.11. The Bertz CT molecular complexity index is 246. The summed E-state index contributed by atoms with van der Waals surface area (Å²) in [7, 11) is 0. The molecule has 0 radical (unpaired) electrons. The fourth-order valence-corrected chi connectivity index (χ4v) is 4.05. The van der Waals surface area contributed by atoms with Crippen molar-refractivity contribution in [2.24, 2.45) is 23.7 Å². The molecule has 0 aromatic heterocycles. The molecule has 5 unspecified atom stereocenters. The van der Waals surface area contributed by atoms with Gasteiger partial charge < -0.3 is 5.11 Å². The van der Waals surface area contributed by atoms with Crippen LogP contribution < -0.4 is 0 Å². The molecule has 0 amide bonds. The quantitative estimate of drug-likeness (QED) is 0.585. The molecule has 0 spiro atoms. The highest BCUT2D eigenvalue weighted by Crippen LogP contribution is 2.50. The zero-order valence-electron chi connectivity index (χ0n) is 8.73. The molecule has 2 fully saturated rings. The molecule has 0 aliphatic heterocycles. The number of hydrogen-bond donors (Lipinski definition) is 1. The number of aliphatic hydroxyl groups is 1. The van der Waals surface area contributed by atoms with Gasteiger partial charge in [0.25, 0.3) is 0 Å². The summed E-state index contributed by atoms with van der Waals surface area (Å²) in [5.74, 6) is 2.94. The van der Waals surface area contributed by atoms with E-state index >= 15 is 0 Å². The van der Waals surface area contributed by atoms with E-state index in [1.54, 1.807) is 0 Å². The van der Waals surface area contributed by atoms with Gasteiger partial charge in [-0.1, -0.05) is 25.0 Å². The molecule has 4 aliphatic rings. The molecule has 1 N–H and O–H groups in total. The minimum absolute atomic E-state index is 0.000231. The van der Waals surface area contributed by atoms with Crippen molar-refractivity contribution >= 4 is 0 Å². The van der Waals surface area contributed by atoms with Gasteiger partial charge in [0.2, 0.25) is 0 Å². The molecule has 4 rings (SSSR count). The minimum Gasteiger partial charge on any atom is -0.393 e. The lowest BCUT2D eigenvalue weighted by Gasteiger charge is -2.46. The maximum absolute atomic E-state index is 10.2. The first-order chi connectivity index (χ1) is 6.86. The second kappa shape index (κ2) is 3.37. The van der Waals surface area contributed by atoms with Crippen LogP contribution in [0.5, 0.6) is 0 Å². The lowest BCUT2D eigenvalue weighted by atomic mass is 9.60. The largest absolute Gasteiger partial charge is 0.393 e. The Morgan fingerprint density at radius 1 is 0.857 bits per heavy atom. The van der Waals surface area contributed by atoms with Crippen LogP contribution in [0.1, 0.15) is 38.5 Å². The summed E-state index contributed by atoms with van der Waals surface area (Å²) in [4.78, 5) is 0. The summed E-state index contributed by atoms with van der Waals surface area (Å²) in [5, 5.41) is 10.2. The molecule has 14 heavy (non-hydrogen) atoms. The van der Waals surface area contributed by atoms with Crippen molar-refractivity contribution in [3.05, 3.63) is 12.2 Å². The highest BCUT2D eigenvalue weighted by Gasteiger charge is 2.44. The molecular formula is C13H20O. The van der Waals surface area contributed by atoms with E-state index in [4.69, 9.17) is 0 Å². The molecule has 0 aromatic rings. The highest BCUT2D eigenvalue weighted by atomic mass is 16.3. The van der Waals surface area contributed by atoms with E-state index < -0.39 is 0 Å². The van der Waals surface area contributed by atoms with Crippen molar-refractivity contribution in [3.63, 3.8) is 0 Å². The Hall–Kier alpha value is -0.300. The van der Waals surface area contributed by atoms with E-state index in [2.05, 4.69) is 12.2 Å². The molecular weight excluding hydrogens is 172 g/mol. The van der Waals surface area contributed by atoms with Gasteiger partial charge in [0.15, 0.2) is 0 Å². The zero-order valence-corrected chi connectivity index (χ0v) is 8.73. The third kappa shape index (κ3) is 1.25. The zero-order chi connectivity index (χ0) is 9.54. The molecule has 1 nitrogen and oxygen atoms in total. The monoisotopic (exact) mass is 192 g/mol. The van der Waals surface area contributed by atoms with Crippen LogP contribution in [0.15, 0.2) is 12.2 Å². The SMILES string of the molecule is OC1CCCCC2C3C=CC(CC3)C12. The molecule has 0 heterocycles. The first-order valence-electron chi connectivity index (χ1n) is 6.22. The first kappa shape index (κ1) is 8.96. The maximum Gasteiger partial charge on any atom is 0.0576 e. The Kier molecular flexibility index (Phi) is 2.16. The minimum atomic E-state index is 0.000231. The van der Waals surface area contributed by atoms with E-state index in [0.717, 1.165) is 18.3 Å². The van der Waals surface area contributed by atoms with Crippen LogP contribution in [0.25, 0.3) is 0 Å². The van der Waals surface area contributed by atoms with Crippen LogP contribution in [0.4, 0.5) is 0 Å². The fraction of sp³-hybridized carbons (Fsp3) is 0.846. The van der Waals surface area contributed by atoms with Crippen LogP contribution in [-0.2, 0) is 0 Å². The van der Waals surface area contributed by atoms with Gasteiger partial charge in [-0.05, 0) is 49.4 Å². The van der Waals surface area contributed by atoms with Gasteiger partial charge in [-0.2, -0.15) is 0 Å². The van der Waals surface area contributed by atoms with Crippen molar-refractivity contribution in [2.45, 2.75) is 44.6 Å². The van der Waals surface area contributed by atoms with Crippen molar-refractivity contribution in [1.82, 2.24) is 0 Å². The smallest absolute Gasteiger partial charge is 0.0576 e. The molecule has 2 bridgehead atoms. The normalized spacial score (nSPS) is 51.4. The third-order valence-electron chi connectivity index (χ3n) is 4.71. The van der Waals surface area contributed by atoms with Gasteiger partial charge in [0, 0.05) is 0 Å². The Balaban J connectivity index is 1.90. The summed E-state index contributed by atoms with van der Waals surface area (Å²) in [6.07, 6.45) is 12.6. The lowest BCUT2D eigenvalue weighted by molar-refractivity contribution is 0.00206. The standard InChI is InChI=1S/C13H20O/c14-12-4-2-1-3-11-9-5-7-10(8-6-9)13(11)12/h5,7,9-14H,1-4,6,8H2. The van der Waals surface area contributed by atoms with Gasteiger partial charge in [-0.25, -0.2) is 0 Å². The van der Waals surface area contributed by atoms with Crippen molar-refractivity contribution in [2.75, 3.05) is 0 Å². The number of hydrogen-bond acceptors (Lipinski definition) is 1. The molecule has 1 heteroatoms. The summed E-state index contributed by atoms with van der Waals surface area (Å²) in [5.41, 5.74) is 0. The summed E-state index contributed by atoms with van der Waals surface area (Å²) in [6, 6.07) is 0. The van der Waals surface area contributed by atoms with Crippen molar-refractivity contribution in [3.8, 4) is 0 Å². The lowest BCUT2D eigenvalue weighted by Crippen LogP contribution is -2.42. The third-order valence-corrected chi connectivity index (χ3v) is 4.71. The molecule has 0 saturated heterocycles. The van der Waals surface area contributed by atoms with Crippen LogP contribution in [0.2, 0.25) is 0 Å². The molecule has 0 aromatic carbocycles. The number of aliphatic hydroxyl groups excluding tert-OH is 1. The summed E-state index contributed by atoms with van der Waals surface area (Å²) >= 11 is 0. The first-order valence-corrected chi connectivity index (χ1v) is 6.22.